The predicted octanol–water partition coefficient (Wildman–Crippen LogP) is 4.74. The average molecular weight is 355 g/mol. The van der Waals surface area contributed by atoms with E-state index in [0.717, 1.165) is 28.6 Å². The molecule has 1 atom stereocenters. The number of halogens is 2. The lowest BCUT2D eigenvalue weighted by Gasteiger charge is -2.14. The quantitative estimate of drug-likeness (QED) is 0.841. The first-order chi connectivity index (χ1) is 9.60. The molecule has 0 saturated carbocycles. The molecule has 106 valence electrons. The molecule has 0 heterocycles. The number of benzene rings is 2. The van der Waals surface area contributed by atoms with Crippen molar-refractivity contribution in [2.75, 3.05) is 7.11 Å². The molecule has 0 saturated heterocycles. The van der Waals surface area contributed by atoms with Crippen molar-refractivity contribution in [1.29, 1.82) is 0 Å². The van der Waals surface area contributed by atoms with Gasteiger partial charge in [-0.2, -0.15) is 0 Å². The summed E-state index contributed by atoms with van der Waals surface area (Å²) in [7, 11) is 1.67. The highest BCUT2D eigenvalue weighted by molar-refractivity contribution is 9.10. The highest BCUT2D eigenvalue weighted by atomic mass is 79.9. The average Bonchev–Trinajstić information content (AvgIpc) is 2.47. The van der Waals surface area contributed by atoms with Crippen molar-refractivity contribution in [1.82, 2.24) is 0 Å². The summed E-state index contributed by atoms with van der Waals surface area (Å²) >= 11 is 9.54. The van der Waals surface area contributed by atoms with Gasteiger partial charge in [0.05, 0.1) is 7.11 Å². The van der Waals surface area contributed by atoms with Gasteiger partial charge in [0.15, 0.2) is 0 Å². The predicted molar refractivity (Wildman–Crippen MR) is 87.4 cm³/mol. The van der Waals surface area contributed by atoms with Crippen molar-refractivity contribution in [2.45, 2.75) is 18.9 Å². The van der Waals surface area contributed by atoms with Crippen LogP contribution in [0.25, 0.3) is 0 Å². The Hall–Kier alpha value is -1.03. The molecule has 2 aromatic rings. The Kier molecular flexibility index (Phi) is 5.46. The monoisotopic (exact) mass is 353 g/mol. The first kappa shape index (κ1) is 15.4. The zero-order valence-electron chi connectivity index (χ0n) is 11.3. The summed E-state index contributed by atoms with van der Waals surface area (Å²) in [5.74, 6) is 0.871. The molecule has 4 heteroatoms. The van der Waals surface area contributed by atoms with Gasteiger partial charge in [-0.1, -0.05) is 39.7 Å². The van der Waals surface area contributed by atoms with Gasteiger partial charge < -0.3 is 10.5 Å². The maximum Gasteiger partial charge on any atom is 0.118 e. The Labute approximate surface area is 133 Å². The minimum Gasteiger partial charge on any atom is -0.497 e. The van der Waals surface area contributed by atoms with Crippen molar-refractivity contribution in [3.63, 3.8) is 0 Å². The maximum absolute atomic E-state index is 6.26. The van der Waals surface area contributed by atoms with Gasteiger partial charge >= 0.3 is 0 Å². The maximum atomic E-state index is 6.26. The minimum atomic E-state index is -0.0369. The van der Waals surface area contributed by atoms with E-state index in [-0.39, 0.29) is 6.04 Å². The summed E-state index contributed by atoms with van der Waals surface area (Å²) in [5.41, 5.74) is 8.55. The van der Waals surface area contributed by atoms with Crippen molar-refractivity contribution in [3.05, 3.63) is 63.1 Å². The number of methoxy groups -OCH3 is 1. The summed E-state index contributed by atoms with van der Waals surface area (Å²) < 4.78 is 6.15. The second-order valence-corrected chi connectivity index (χ2v) is 5.95. The SMILES string of the molecule is COc1ccc(CCC(N)c2cc(Cl)ccc2Br)cc1. The Morgan fingerprint density at radius 3 is 2.55 bits per heavy atom. The molecule has 0 aliphatic rings. The first-order valence-corrected chi connectivity index (χ1v) is 7.60. The molecular weight excluding hydrogens is 338 g/mol. The van der Waals surface area contributed by atoms with Gasteiger partial charge in [-0.25, -0.2) is 0 Å². The highest BCUT2D eigenvalue weighted by Gasteiger charge is 2.10. The standard InChI is InChI=1S/C16H17BrClNO/c1-20-13-6-2-11(3-7-13)4-9-16(19)14-10-12(18)5-8-15(14)17/h2-3,5-8,10,16H,4,9,19H2,1H3. The topological polar surface area (TPSA) is 35.2 Å². The van der Waals surface area contributed by atoms with Crippen LogP contribution >= 0.6 is 27.5 Å². The van der Waals surface area contributed by atoms with Gasteiger partial charge in [0.25, 0.3) is 0 Å². The zero-order valence-corrected chi connectivity index (χ0v) is 13.6. The fraction of sp³-hybridized carbons (Fsp3) is 0.250. The smallest absolute Gasteiger partial charge is 0.118 e. The van der Waals surface area contributed by atoms with E-state index < -0.39 is 0 Å². The third-order valence-corrected chi connectivity index (χ3v) is 4.22. The van der Waals surface area contributed by atoms with Crippen LogP contribution in [-0.2, 0) is 6.42 Å². The number of hydrogen-bond acceptors (Lipinski definition) is 2. The fourth-order valence-corrected chi connectivity index (χ4v) is 2.79. The Balaban J connectivity index is 2.00. The van der Waals surface area contributed by atoms with Gasteiger partial charge in [0.2, 0.25) is 0 Å². The van der Waals surface area contributed by atoms with Gasteiger partial charge in [0, 0.05) is 15.5 Å². The van der Waals surface area contributed by atoms with Crippen LogP contribution in [-0.4, -0.2) is 7.11 Å². The summed E-state index contributed by atoms with van der Waals surface area (Å²) in [5, 5.41) is 0.711. The number of nitrogens with two attached hydrogens (primary N) is 1. The Morgan fingerprint density at radius 2 is 1.90 bits per heavy atom. The van der Waals surface area contributed by atoms with Crippen molar-refractivity contribution in [2.24, 2.45) is 5.73 Å². The van der Waals surface area contributed by atoms with Crippen LogP contribution < -0.4 is 10.5 Å². The van der Waals surface area contributed by atoms with E-state index in [4.69, 9.17) is 22.1 Å². The minimum absolute atomic E-state index is 0.0369. The van der Waals surface area contributed by atoms with Crippen molar-refractivity contribution < 1.29 is 4.74 Å². The highest BCUT2D eigenvalue weighted by Crippen LogP contribution is 2.28. The zero-order chi connectivity index (χ0) is 14.5. The molecule has 2 nitrogen and oxygen atoms in total. The van der Waals surface area contributed by atoms with E-state index in [1.165, 1.54) is 5.56 Å². The summed E-state index contributed by atoms with van der Waals surface area (Å²) in [4.78, 5) is 0. The van der Waals surface area contributed by atoms with Crippen LogP contribution in [0.5, 0.6) is 5.75 Å². The number of hydrogen-bond donors (Lipinski definition) is 1. The molecule has 0 amide bonds. The van der Waals surface area contributed by atoms with Gasteiger partial charge in [-0.15, -0.1) is 0 Å². The normalized spacial score (nSPS) is 12.2. The third kappa shape index (κ3) is 3.98. The van der Waals surface area contributed by atoms with Crippen molar-refractivity contribution in [3.8, 4) is 5.75 Å². The summed E-state index contributed by atoms with van der Waals surface area (Å²) in [6.07, 6.45) is 1.79. The summed E-state index contributed by atoms with van der Waals surface area (Å²) in [6.45, 7) is 0. The van der Waals surface area contributed by atoms with E-state index in [0.29, 0.717) is 5.02 Å². The molecule has 0 spiro atoms. The Morgan fingerprint density at radius 1 is 1.20 bits per heavy atom. The Bertz CT molecular complexity index is 571. The van der Waals surface area contributed by atoms with Crippen LogP contribution in [0.15, 0.2) is 46.9 Å². The second-order valence-electron chi connectivity index (χ2n) is 4.66. The lowest BCUT2D eigenvalue weighted by Crippen LogP contribution is -2.12. The van der Waals surface area contributed by atoms with E-state index in [1.54, 1.807) is 7.11 Å². The lowest BCUT2D eigenvalue weighted by molar-refractivity contribution is 0.414. The first-order valence-electron chi connectivity index (χ1n) is 6.43. The van der Waals surface area contributed by atoms with Crippen LogP contribution in [0, 0.1) is 0 Å². The van der Waals surface area contributed by atoms with Gasteiger partial charge in [-0.05, 0) is 54.3 Å². The number of rotatable bonds is 5. The number of aryl methyl sites for hydroxylation is 1. The fourth-order valence-electron chi connectivity index (χ4n) is 2.07. The summed E-state index contributed by atoms with van der Waals surface area (Å²) in [6, 6.07) is 13.7. The molecule has 0 aliphatic heterocycles. The third-order valence-electron chi connectivity index (χ3n) is 3.26. The van der Waals surface area contributed by atoms with E-state index >= 15 is 0 Å². The molecule has 0 aliphatic carbocycles. The molecule has 2 rings (SSSR count). The van der Waals surface area contributed by atoms with E-state index in [9.17, 15) is 0 Å². The van der Waals surface area contributed by atoms with E-state index in [2.05, 4.69) is 28.1 Å². The lowest BCUT2D eigenvalue weighted by atomic mass is 10.00. The van der Waals surface area contributed by atoms with Gasteiger partial charge in [0.1, 0.15) is 5.75 Å². The molecule has 1 unspecified atom stereocenters. The number of ether oxygens (including phenoxy) is 1. The van der Waals surface area contributed by atoms with Crippen LogP contribution in [0.3, 0.4) is 0 Å². The molecule has 0 radical (unpaired) electrons. The molecule has 20 heavy (non-hydrogen) atoms. The van der Waals surface area contributed by atoms with Gasteiger partial charge in [-0.3, -0.25) is 0 Å². The second kappa shape index (κ2) is 7.11. The van der Waals surface area contributed by atoms with E-state index in [1.807, 2.05) is 30.3 Å². The molecule has 0 bridgehead atoms. The molecule has 0 fully saturated rings. The molecular formula is C16H17BrClNO. The van der Waals surface area contributed by atoms with Crippen LogP contribution in [0.1, 0.15) is 23.6 Å². The van der Waals surface area contributed by atoms with Crippen molar-refractivity contribution >= 4 is 27.5 Å². The molecule has 2 aromatic carbocycles. The molecule has 0 aromatic heterocycles. The molecule has 2 N–H and O–H groups in total. The van der Waals surface area contributed by atoms with Crippen LogP contribution in [0.4, 0.5) is 0 Å². The van der Waals surface area contributed by atoms with Crippen LogP contribution in [0.2, 0.25) is 5.02 Å². The largest absolute Gasteiger partial charge is 0.497 e.